The van der Waals surface area contributed by atoms with Crippen LogP contribution in [0.1, 0.15) is 11.1 Å². The van der Waals surface area contributed by atoms with E-state index in [-0.39, 0.29) is 18.2 Å². The zero-order valence-corrected chi connectivity index (χ0v) is 15.2. The number of rotatable bonds is 4. The van der Waals surface area contributed by atoms with Crippen LogP contribution in [0.15, 0.2) is 71.2 Å². The Kier molecular flexibility index (Phi) is 4.53. The molecule has 4 rings (SSSR count). The summed E-state index contributed by atoms with van der Waals surface area (Å²) >= 11 is 0. The fourth-order valence-corrected chi connectivity index (χ4v) is 3.95. The molecule has 2 aromatic rings. The fraction of sp³-hybridized carbons (Fsp3) is 0.150. The molecule has 0 N–H and O–H groups in total. The van der Waals surface area contributed by atoms with Crippen molar-refractivity contribution in [1.29, 1.82) is 0 Å². The van der Waals surface area contributed by atoms with Crippen molar-refractivity contribution in [1.82, 2.24) is 4.90 Å². The summed E-state index contributed by atoms with van der Waals surface area (Å²) in [5, 5.41) is 0. The van der Waals surface area contributed by atoms with Crippen LogP contribution in [0.25, 0.3) is 5.70 Å². The van der Waals surface area contributed by atoms with Gasteiger partial charge in [-0.2, -0.15) is 0 Å². The topological polar surface area (TPSA) is 59.0 Å². The molecule has 0 aromatic heterocycles. The number of hydrogen-bond donors (Lipinski definition) is 0. The molecular weight excluding hydrogens is 367 g/mol. The minimum absolute atomic E-state index is 0.00346. The fourth-order valence-electron chi connectivity index (χ4n) is 3.01. The molecule has 27 heavy (non-hydrogen) atoms. The SMILES string of the molecule is O=S1(=O)CCN2C(c3ccc(OCc4cccc(F)c4)cc3)=CC=CC2=N1. The third-order valence-corrected chi connectivity index (χ3v) is 5.48. The third kappa shape index (κ3) is 3.93. The number of ether oxygens (including phenoxy) is 1. The van der Waals surface area contributed by atoms with E-state index < -0.39 is 10.0 Å². The van der Waals surface area contributed by atoms with Crippen molar-refractivity contribution in [2.24, 2.45) is 4.40 Å². The van der Waals surface area contributed by atoms with E-state index in [4.69, 9.17) is 4.74 Å². The van der Waals surface area contributed by atoms with Crippen molar-refractivity contribution >= 4 is 21.6 Å². The maximum atomic E-state index is 13.2. The molecular formula is C20H17FN2O3S. The standard InChI is InChI=1S/C20H17FN2O3S/c21-17-4-1-3-15(13-17)14-26-18-9-7-16(8-10-18)19-5-2-6-20-22-27(24,25)12-11-23(19)20/h1-10,13H,11-12,14H2. The minimum Gasteiger partial charge on any atom is -0.489 e. The van der Waals surface area contributed by atoms with Crippen LogP contribution in [0, 0.1) is 5.82 Å². The van der Waals surface area contributed by atoms with Crippen LogP contribution in [-0.4, -0.2) is 31.5 Å². The average molecular weight is 384 g/mol. The number of benzene rings is 2. The highest BCUT2D eigenvalue weighted by Gasteiger charge is 2.27. The summed E-state index contributed by atoms with van der Waals surface area (Å²) in [4.78, 5) is 1.89. The summed E-state index contributed by atoms with van der Waals surface area (Å²) in [6.07, 6.45) is 5.41. The lowest BCUT2D eigenvalue weighted by Crippen LogP contribution is -2.38. The molecule has 0 bridgehead atoms. The van der Waals surface area contributed by atoms with Gasteiger partial charge in [-0.15, -0.1) is 4.40 Å². The molecule has 0 atom stereocenters. The third-order valence-electron chi connectivity index (χ3n) is 4.32. The van der Waals surface area contributed by atoms with Gasteiger partial charge < -0.3 is 9.64 Å². The van der Waals surface area contributed by atoms with Gasteiger partial charge in [0.05, 0.1) is 5.75 Å². The van der Waals surface area contributed by atoms with Crippen molar-refractivity contribution in [2.75, 3.05) is 12.3 Å². The van der Waals surface area contributed by atoms with Gasteiger partial charge in [0, 0.05) is 12.2 Å². The number of halogens is 1. The van der Waals surface area contributed by atoms with E-state index >= 15 is 0 Å². The highest BCUT2D eigenvalue weighted by molar-refractivity contribution is 7.90. The monoisotopic (exact) mass is 384 g/mol. The molecule has 0 amide bonds. The molecule has 0 aliphatic carbocycles. The number of hydrogen-bond acceptors (Lipinski definition) is 4. The quantitative estimate of drug-likeness (QED) is 0.811. The second-order valence-electron chi connectivity index (χ2n) is 6.24. The van der Waals surface area contributed by atoms with Gasteiger partial charge in [-0.1, -0.05) is 18.2 Å². The molecule has 5 nitrogen and oxygen atoms in total. The average Bonchev–Trinajstić information content (AvgIpc) is 2.65. The van der Waals surface area contributed by atoms with E-state index in [0.29, 0.717) is 18.1 Å². The lowest BCUT2D eigenvalue weighted by molar-refractivity contribution is 0.305. The second-order valence-corrected chi connectivity index (χ2v) is 8.00. The van der Waals surface area contributed by atoms with Crippen LogP contribution in [0.4, 0.5) is 4.39 Å². The van der Waals surface area contributed by atoms with Gasteiger partial charge in [-0.3, -0.25) is 0 Å². The summed E-state index contributed by atoms with van der Waals surface area (Å²) in [7, 11) is -3.38. The Morgan fingerprint density at radius 3 is 2.74 bits per heavy atom. The van der Waals surface area contributed by atoms with Crippen LogP contribution >= 0.6 is 0 Å². The highest BCUT2D eigenvalue weighted by Crippen LogP contribution is 2.27. The Labute approximate surface area is 157 Å². The van der Waals surface area contributed by atoms with Crippen molar-refractivity contribution in [2.45, 2.75) is 6.61 Å². The van der Waals surface area contributed by atoms with E-state index in [9.17, 15) is 12.8 Å². The first-order valence-corrected chi connectivity index (χ1v) is 10.1. The van der Waals surface area contributed by atoms with Gasteiger partial charge >= 0.3 is 0 Å². The van der Waals surface area contributed by atoms with E-state index in [1.54, 1.807) is 18.2 Å². The van der Waals surface area contributed by atoms with Crippen molar-refractivity contribution in [3.8, 4) is 5.75 Å². The van der Waals surface area contributed by atoms with Gasteiger partial charge in [0.15, 0.2) is 0 Å². The number of allylic oxidation sites excluding steroid dienone is 2. The van der Waals surface area contributed by atoms with E-state index in [2.05, 4.69) is 4.40 Å². The smallest absolute Gasteiger partial charge is 0.256 e. The Bertz CT molecular complexity index is 1060. The molecule has 2 heterocycles. The van der Waals surface area contributed by atoms with Gasteiger partial charge in [0.2, 0.25) is 0 Å². The predicted molar refractivity (Wildman–Crippen MR) is 102 cm³/mol. The molecule has 138 valence electrons. The Balaban J connectivity index is 1.49. The van der Waals surface area contributed by atoms with Crippen molar-refractivity contribution in [3.05, 3.63) is 83.7 Å². The molecule has 0 spiro atoms. The molecule has 0 radical (unpaired) electrons. The maximum absolute atomic E-state index is 13.2. The molecule has 0 saturated heterocycles. The first-order valence-electron chi connectivity index (χ1n) is 8.46. The number of amidine groups is 1. The number of sulfonamides is 1. The van der Waals surface area contributed by atoms with Crippen LogP contribution < -0.4 is 4.74 Å². The summed E-state index contributed by atoms with van der Waals surface area (Å²) in [5.74, 6) is 0.816. The lowest BCUT2D eigenvalue weighted by atomic mass is 10.1. The number of nitrogens with zero attached hydrogens (tertiary/aromatic N) is 2. The Morgan fingerprint density at radius 1 is 1.15 bits per heavy atom. The van der Waals surface area contributed by atoms with Crippen molar-refractivity contribution < 1.29 is 17.5 Å². The Hall–Kier alpha value is -2.93. The van der Waals surface area contributed by atoms with Crippen LogP contribution in [0.2, 0.25) is 0 Å². The zero-order valence-electron chi connectivity index (χ0n) is 14.4. The molecule has 2 aliphatic heterocycles. The molecule has 0 unspecified atom stereocenters. The van der Waals surface area contributed by atoms with Gasteiger partial charge in [0.1, 0.15) is 24.0 Å². The second kappa shape index (κ2) is 7.00. The molecule has 0 fully saturated rings. The molecule has 2 aromatic carbocycles. The maximum Gasteiger partial charge on any atom is 0.256 e. The highest BCUT2D eigenvalue weighted by atomic mass is 32.2. The van der Waals surface area contributed by atoms with Gasteiger partial charge in [0.25, 0.3) is 10.0 Å². The molecule has 7 heteroatoms. The molecule has 0 saturated carbocycles. The van der Waals surface area contributed by atoms with E-state index in [0.717, 1.165) is 16.8 Å². The first kappa shape index (κ1) is 17.5. The zero-order chi connectivity index (χ0) is 18.9. The minimum atomic E-state index is -3.38. The van der Waals surface area contributed by atoms with Gasteiger partial charge in [-0.25, -0.2) is 12.8 Å². The van der Waals surface area contributed by atoms with Crippen LogP contribution in [0.3, 0.4) is 0 Å². The van der Waals surface area contributed by atoms with E-state index in [1.165, 1.54) is 12.1 Å². The van der Waals surface area contributed by atoms with Crippen LogP contribution in [-0.2, 0) is 16.6 Å². The summed E-state index contributed by atoms with van der Waals surface area (Å²) in [6.45, 7) is 0.651. The lowest BCUT2D eigenvalue weighted by Gasteiger charge is -2.31. The van der Waals surface area contributed by atoms with Crippen molar-refractivity contribution in [3.63, 3.8) is 0 Å². The number of fused-ring (bicyclic) bond motifs is 1. The predicted octanol–water partition coefficient (Wildman–Crippen LogP) is 3.36. The van der Waals surface area contributed by atoms with E-state index in [1.807, 2.05) is 41.3 Å². The summed E-state index contributed by atoms with van der Waals surface area (Å²) < 4.78 is 46.1. The largest absolute Gasteiger partial charge is 0.489 e. The summed E-state index contributed by atoms with van der Waals surface area (Å²) in [6, 6.07) is 13.8. The molecule has 2 aliphatic rings. The summed E-state index contributed by atoms with van der Waals surface area (Å²) in [5.41, 5.74) is 2.59. The normalized spacial score (nSPS) is 17.7. The van der Waals surface area contributed by atoms with Crippen LogP contribution in [0.5, 0.6) is 5.75 Å². The first-order chi connectivity index (χ1) is 13.0. The van der Waals surface area contributed by atoms with Gasteiger partial charge in [-0.05, 0) is 59.7 Å². The Morgan fingerprint density at radius 2 is 1.96 bits per heavy atom.